The Morgan fingerprint density at radius 3 is 2.64 bits per heavy atom. The van der Waals surface area contributed by atoms with Gasteiger partial charge in [-0.1, -0.05) is 17.7 Å². The van der Waals surface area contributed by atoms with Crippen LogP contribution in [0.5, 0.6) is 0 Å². The maximum atomic E-state index is 6.11. The van der Waals surface area contributed by atoms with E-state index in [1.807, 2.05) is 18.5 Å². The fourth-order valence-corrected chi connectivity index (χ4v) is 3.58. The van der Waals surface area contributed by atoms with Crippen molar-refractivity contribution in [1.82, 2.24) is 5.32 Å². The van der Waals surface area contributed by atoms with E-state index in [2.05, 4.69) is 22.8 Å². The summed E-state index contributed by atoms with van der Waals surface area (Å²) in [6.45, 7) is 0. The highest BCUT2D eigenvalue weighted by molar-refractivity contribution is 7.12. The van der Waals surface area contributed by atoms with Gasteiger partial charge in [0.25, 0.3) is 0 Å². The fourth-order valence-electron chi connectivity index (χ4n) is 1.37. The van der Waals surface area contributed by atoms with Crippen LogP contribution in [0.15, 0.2) is 29.0 Å². The summed E-state index contributed by atoms with van der Waals surface area (Å²) in [5.74, 6) is 0. The largest absolute Gasteiger partial charge is 0.308 e. The summed E-state index contributed by atoms with van der Waals surface area (Å²) in [7, 11) is 1.96. The topological polar surface area (TPSA) is 12.0 Å². The van der Waals surface area contributed by atoms with Crippen LogP contribution in [0, 0.1) is 0 Å². The molecule has 0 aliphatic heterocycles. The Hall–Kier alpha value is -0.350. The van der Waals surface area contributed by atoms with Crippen molar-refractivity contribution in [2.24, 2.45) is 0 Å². The van der Waals surface area contributed by atoms with Gasteiger partial charge in [-0.2, -0.15) is 0 Å². The van der Waals surface area contributed by atoms with Crippen LogP contribution in [-0.2, 0) is 0 Å². The van der Waals surface area contributed by atoms with E-state index in [9.17, 15) is 0 Å². The molecule has 0 aromatic carbocycles. The lowest BCUT2D eigenvalue weighted by molar-refractivity contribution is 0.716. The van der Waals surface area contributed by atoms with Crippen molar-refractivity contribution >= 4 is 34.3 Å². The molecule has 0 spiro atoms. The third-order valence-corrected chi connectivity index (χ3v) is 4.38. The standard InChI is InChI=1S/C10H10ClNS2/c1-12-9(8-3-2-5-13-8)10-7(11)4-6-14-10/h2-6,9,12H,1H3. The van der Waals surface area contributed by atoms with Gasteiger partial charge >= 0.3 is 0 Å². The van der Waals surface area contributed by atoms with Crippen LogP contribution in [0.1, 0.15) is 15.8 Å². The van der Waals surface area contributed by atoms with Gasteiger partial charge in [0.1, 0.15) is 0 Å². The molecule has 2 rings (SSSR count). The van der Waals surface area contributed by atoms with E-state index < -0.39 is 0 Å². The molecule has 4 heteroatoms. The van der Waals surface area contributed by atoms with Crippen molar-refractivity contribution in [1.29, 1.82) is 0 Å². The zero-order chi connectivity index (χ0) is 9.97. The SMILES string of the molecule is CNC(c1cccs1)c1sccc1Cl. The maximum Gasteiger partial charge on any atom is 0.0777 e. The van der Waals surface area contributed by atoms with Crippen molar-refractivity contribution in [3.8, 4) is 0 Å². The number of hydrogen-bond acceptors (Lipinski definition) is 3. The summed E-state index contributed by atoms with van der Waals surface area (Å²) in [6, 6.07) is 6.37. The van der Waals surface area contributed by atoms with Crippen molar-refractivity contribution in [3.63, 3.8) is 0 Å². The molecule has 1 unspecified atom stereocenters. The van der Waals surface area contributed by atoms with E-state index in [-0.39, 0.29) is 6.04 Å². The first-order valence-corrected chi connectivity index (χ1v) is 6.40. The maximum absolute atomic E-state index is 6.11. The second-order valence-corrected chi connectivity index (χ2v) is 5.20. The van der Waals surface area contributed by atoms with Gasteiger partial charge in [0.2, 0.25) is 0 Å². The van der Waals surface area contributed by atoms with Crippen molar-refractivity contribution in [2.75, 3.05) is 7.05 Å². The first-order valence-electron chi connectivity index (χ1n) is 4.26. The highest BCUT2D eigenvalue weighted by Crippen LogP contribution is 2.34. The number of halogens is 1. The zero-order valence-electron chi connectivity index (χ0n) is 7.66. The van der Waals surface area contributed by atoms with Crippen LogP contribution in [0.4, 0.5) is 0 Å². The third kappa shape index (κ3) is 1.86. The predicted octanol–water partition coefficient (Wildman–Crippen LogP) is 3.77. The molecule has 1 atom stereocenters. The summed E-state index contributed by atoms with van der Waals surface area (Å²) in [5, 5.41) is 8.24. The molecule has 1 nitrogen and oxygen atoms in total. The summed E-state index contributed by atoms with van der Waals surface area (Å²) in [6.07, 6.45) is 0. The van der Waals surface area contributed by atoms with Crippen molar-refractivity contribution in [2.45, 2.75) is 6.04 Å². The van der Waals surface area contributed by atoms with Gasteiger partial charge in [-0.05, 0) is 29.9 Å². The molecule has 2 aromatic rings. The van der Waals surface area contributed by atoms with E-state index in [0.29, 0.717) is 0 Å². The molecule has 0 aliphatic rings. The van der Waals surface area contributed by atoms with Crippen LogP contribution >= 0.6 is 34.3 Å². The molecule has 0 aliphatic carbocycles. The molecule has 0 saturated carbocycles. The number of rotatable bonds is 3. The van der Waals surface area contributed by atoms with E-state index >= 15 is 0 Å². The van der Waals surface area contributed by atoms with Crippen LogP contribution in [0.2, 0.25) is 5.02 Å². The number of nitrogens with one attached hydrogen (secondary N) is 1. The van der Waals surface area contributed by atoms with E-state index in [0.717, 1.165) is 5.02 Å². The monoisotopic (exact) mass is 243 g/mol. The minimum atomic E-state index is 0.238. The van der Waals surface area contributed by atoms with Gasteiger partial charge in [-0.3, -0.25) is 0 Å². The minimum Gasteiger partial charge on any atom is -0.308 e. The van der Waals surface area contributed by atoms with Gasteiger partial charge in [-0.25, -0.2) is 0 Å². The fraction of sp³-hybridized carbons (Fsp3) is 0.200. The molecule has 74 valence electrons. The zero-order valence-corrected chi connectivity index (χ0v) is 10.0. The highest BCUT2D eigenvalue weighted by atomic mass is 35.5. The highest BCUT2D eigenvalue weighted by Gasteiger charge is 2.16. The van der Waals surface area contributed by atoms with Crippen LogP contribution < -0.4 is 5.32 Å². The Bertz CT molecular complexity index is 394. The second-order valence-electron chi connectivity index (χ2n) is 2.87. The molecule has 2 heterocycles. The van der Waals surface area contributed by atoms with Gasteiger partial charge in [-0.15, -0.1) is 22.7 Å². The van der Waals surface area contributed by atoms with E-state index in [4.69, 9.17) is 11.6 Å². The summed E-state index contributed by atoms with van der Waals surface area (Å²) >= 11 is 9.55. The first-order chi connectivity index (χ1) is 6.83. The second kappa shape index (κ2) is 4.45. The quantitative estimate of drug-likeness (QED) is 0.866. The van der Waals surface area contributed by atoms with E-state index in [1.54, 1.807) is 22.7 Å². The van der Waals surface area contributed by atoms with Gasteiger partial charge < -0.3 is 5.32 Å². The molecule has 0 bridgehead atoms. The van der Waals surface area contributed by atoms with Gasteiger partial charge in [0.15, 0.2) is 0 Å². The lowest BCUT2D eigenvalue weighted by Gasteiger charge is -2.12. The lowest BCUT2D eigenvalue weighted by atomic mass is 10.2. The van der Waals surface area contributed by atoms with Crippen LogP contribution in [0.3, 0.4) is 0 Å². The predicted molar refractivity (Wildman–Crippen MR) is 64.6 cm³/mol. The number of thiophene rings is 2. The van der Waals surface area contributed by atoms with Crippen LogP contribution in [-0.4, -0.2) is 7.05 Å². The molecule has 14 heavy (non-hydrogen) atoms. The Kier molecular flexibility index (Phi) is 3.23. The summed E-state index contributed by atoms with van der Waals surface area (Å²) < 4.78 is 0. The van der Waals surface area contributed by atoms with Crippen LogP contribution in [0.25, 0.3) is 0 Å². The molecule has 2 aromatic heterocycles. The molecule has 0 amide bonds. The Labute approximate surface area is 96.4 Å². The van der Waals surface area contributed by atoms with Gasteiger partial charge in [0.05, 0.1) is 11.1 Å². The van der Waals surface area contributed by atoms with Crippen molar-refractivity contribution in [3.05, 3.63) is 43.7 Å². The molecular formula is C10H10ClNS2. The average molecular weight is 244 g/mol. The minimum absolute atomic E-state index is 0.238. The molecule has 0 radical (unpaired) electrons. The lowest BCUT2D eigenvalue weighted by Crippen LogP contribution is -2.15. The molecule has 0 fully saturated rings. The average Bonchev–Trinajstić information content (AvgIpc) is 2.80. The molecule has 0 saturated heterocycles. The van der Waals surface area contributed by atoms with Gasteiger partial charge in [0, 0.05) is 9.75 Å². The molecule has 1 N–H and O–H groups in total. The summed E-state index contributed by atoms with van der Waals surface area (Å²) in [4.78, 5) is 2.49. The Balaban J connectivity index is 2.36. The van der Waals surface area contributed by atoms with Crippen molar-refractivity contribution < 1.29 is 0 Å². The smallest absolute Gasteiger partial charge is 0.0777 e. The third-order valence-electron chi connectivity index (χ3n) is 2.02. The Morgan fingerprint density at radius 1 is 1.29 bits per heavy atom. The Morgan fingerprint density at radius 2 is 2.14 bits per heavy atom. The van der Waals surface area contributed by atoms with E-state index in [1.165, 1.54) is 9.75 Å². The summed E-state index contributed by atoms with van der Waals surface area (Å²) in [5.41, 5.74) is 0. The molecular weight excluding hydrogens is 234 g/mol. The normalized spacial score (nSPS) is 13.0. The first kappa shape index (κ1) is 10.2. The number of hydrogen-bond donors (Lipinski definition) is 1.